The third-order valence-electron chi connectivity index (χ3n) is 4.24. The summed E-state index contributed by atoms with van der Waals surface area (Å²) in [5.41, 5.74) is -0.0216. The van der Waals surface area contributed by atoms with E-state index in [1.807, 2.05) is 12.1 Å². The first-order valence-electron chi connectivity index (χ1n) is 8.32. The van der Waals surface area contributed by atoms with E-state index in [9.17, 15) is 14.7 Å². The van der Waals surface area contributed by atoms with Gasteiger partial charge in [-0.3, -0.25) is 9.69 Å². The zero-order valence-corrected chi connectivity index (χ0v) is 16.7. The first kappa shape index (κ1) is 19.9. The number of amides is 1. The fourth-order valence-electron chi connectivity index (χ4n) is 2.79. The molecule has 0 spiro atoms. The van der Waals surface area contributed by atoms with E-state index in [-0.39, 0.29) is 23.8 Å². The largest absolute Gasteiger partial charge is 0.507 e. The molecule has 0 radical (unpaired) electrons. The molecule has 0 atom stereocenters. The van der Waals surface area contributed by atoms with Crippen LogP contribution in [0.2, 0.25) is 9.36 Å². The highest BCUT2D eigenvalue weighted by Gasteiger charge is 2.23. The van der Waals surface area contributed by atoms with Crippen LogP contribution in [0.4, 0.5) is 0 Å². The van der Waals surface area contributed by atoms with Crippen molar-refractivity contribution < 1.29 is 19.4 Å². The number of esters is 1. The Morgan fingerprint density at radius 1 is 1.11 bits per heavy atom. The van der Waals surface area contributed by atoms with Crippen molar-refractivity contribution in [3.05, 3.63) is 50.1 Å². The number of aromatic hydroxyl groups is 1. The molecule has 1 fully saturated rings. The lowest BCUT2D eigenvalue weighted by Crippen LogP contribution is -2.49. The molecule has 0 bridgehead atoms. The van der Waals surface area contributed by atoms with Gasteiger partial charge >= 0.3 is 5.97 Å². The van der Waals surface area contributed by atoms with E-state index in [1.54, 1.807) is 16.2 Å². The van der Waals surface area contributed by atoms with E-state index in [2.05, 4.69) is 4.90 Å². The Morgan fingerprint density at radius 2 is 1.85 bits per heavy atom. The molecule has 1 aliphatic rings. The number of rotatable bonds is 5. The maximum atomic E-state index is 12.3. The van der Waals surface area contributed by atoms with Gasteiger partial charge in [0.15, 0.2) is 6.61 Å². The molecule has 1 amide bonds. The van der Waals surface area contributed by atoms with Crippen LogP contribution in [-0.4, -0.2) is 59.6 Å². The molecule has 1 aromatic carbocycles. The molecule has 0 saturated carbocycles. The minimum absolute atomic E-state index is 0.0216. The van der Waals surface area contributed by atoms with Crippen molar-refractivity contribution in [3.63, 3.8) is 0 Å². The fourth-order valence-corrected chi connectivity index (χ4v) is 4.08. The van der Waals surface area contributed by atoms with E-state index in [1.165, 1.54) is 23.1 Å². The number of carbonyl (C=O) groups excluding carboxylic acids is 2. The molecular weight excluding hydrogens is 411 g/mol. The van der Waals surface area contributed by atoms with Gasteiger partial charge in [0.05, 0.1) is 4.34 Å². The van der Waals surface area contributed by atoms with Crippen LogP contribution in [0.15, 0.2) is 30.3 Å². The SMILES string of the molecule is O=C(OCC(=O)N1CCN(Cc2ccc(Cl)s2)CC1)c1ccc(Cl)cc1O. The van der Waals surface area contributed by atoms with E-state index in [0.717, 1.165) is 24.0 Å². The molecule has 2 aromatic rings. The second kappa shape index (κ2) is 8.93. The molecular formula is C18H18Cl2N2O4S. The predicted molar refractivity (Wildman–Crippen MR) is 105 cm³/mol. The number of ether oxygens (including phenoxy) is 1. The topological polar surface area (TPSA) is 70.1 Å². The monoisotopic (exact) mass is 428 g/mol. The maximum Gasteiger partial charge on any atom is 0.342 e. The Labute approximate surface area is 170 Å². The summed E-state index contributed by atoms with van der Waals surface area (Å²) in [6.45, 7) is 3.08. The molecule has 144 valence electrons. The van der Waals surface area contributed by atoms with Crippen molar-refractivity contribution in [1.82, 2.24) is 9.80 Å². The normalized spacial score (nSPS) is 15.0. The number of halogens is 2. The van der Waals surface area contributed by atoms with Crippen LogP contribution >= 0.6 is 34.5 Å². The van der Waals surface area contributed by atoms with Gasteiger partial charge in [0.1, 0.15) is 11.3 Å². The number of hydrogen-bond donors (Lipinski definition) is 1. The zero-order chi connectivity index (χ0) is 19.4. The standard InChI is InChI=1S/C18H18Cl2N2O4S/c19-12-1-3-14(15(23)9-12)18(25)26-11-17(24)22-7-5-21(6-8-22)10-13-2-4-16(20)27-13/h1-4,9,23H,5-8,10-11H2. The molecule has 1 saturated heterocycles. The molecule has 0 aliphatic carbocycles. The molecule has 3 rings (SSSR count). The van der Waals surface area contributed by atoms with E-state index >= 15 is 0 Å². The molecule has 27 heavy (non-hydrogen) atoms. The highest BCUT2D eigenvalue weighted by atomic mass is 35.5. The summed E-state index contributed by atoms with van der Waals surface area (Å²) in [6, 6.07) is 7.98. The van der Waals surface area contributed by atoms with Gasteiger partial charge < -0.3 is 14.7 Å². The smallest absolute Gasteiger partial charge is 0.342 e. The molecule has 6 nitrogen and oxygen atoms in total. The van der Waals surface area contributed by atoms with Crippen molar-refractivity contribution in [1.29, 1.82) is 0 Å². The Balaban J connectivity index is 1.44. The molecule has 0 unspecified atom stereocenters. The van der Waals surface area contributed by atoms with Crippen LogP contribution in [0.25, 0.3) is 0 Å². The molecule has 2 heterocycles. The number of phenols is 1. The van der Waals surface area contributed by atoms with Crippen molar-refractivity contribution >= 4 is 46.4 Å². The second-order valence-electron chi connectivity index (χ2n) is 6.10. The lowest BCUT2D eigenvalue weighted by Gasteiger charge is -2.34. The van der Waals surface area contributed by atoms with Gasteiger partial charge in [0.25, 0.3) is 5.91 Å². The minimum atomic E-state index is -0.759. The van der Waals surface area contributed by atoms with Crippen molar-refractivity contribution in [2.45, 2.75) is 6.54 Å². The maximum absolute atomic E-state index is 12.3. The van der Waals surface area contributed by atoms with Crippen LogP contribution in [0.1, 0.15) is 15.2 Å². The lowest BCUT2D eigenvalue weighted by atomic mass is 10.2. The third kappa shape index (κ3) is 5.35. The van der Waals surface area contributed by atoms with Gasteiger partial charge in [-0.25, -0.2) is 4.79 Å². The van der Waals surface area contributed by atoms with Crippen LogP contribution in [-0.2, 0) is 16.1 Å². The third-order valence-corrected chi connectivity index (χ3v) is 5.69. The summed E-state index contributed by atoms with van der Waals surface area (Å²) in [7, 11) is 0. The predicted octanol–water partition coefficient (Wildman–Crippen LogP) is 3.26. The van der Waals surface area contributed by atoms with E-state index < -0.39 is 5.97 Å². The number of thiophene rings is 1. The zero-order valence-electron chi connectivity index (χ0n) is 14.4. The minimum Gasteiger partial charge on any atom is -0.507 e. The first-order chi connectivity index (χ1) is 12.9. The summed E-state index contributed by atoms with van der Waals surface area (Å²) >= 11 is 13.2. The van der Waals surface area contributed by atoms with Crippen LogP contribution < -0.4 is 0 Å². The number of benzene rings is 1. The van der Waals surface area contributed by atoms with E-state index in [0.29, 0.717) is 18.1 Å². The van der Waals surface area contributed by atoms with E-state index in [4.69, 9.17) is 27.9 Å². The number of nitrogens with zero attached hydrogens (tertiary/aromatic N) is 2. The summed E-state index contributed by atoms with van der Waals surface area (Å²) in [4.78, 5) is 29.4. The summed E-state index contributed by atoms with van der Waals surface area (Å²) < 4.78 is 5.80. The number of phenolic OH excluding ortho intramolecular Hbond substituents is 1. The number of piperazine rings is 1. The van der Waals surface area contributed by atoms with Gasteiger partial charge in [0.2, 0.25) is 0 Å². The average molecular weight is 429 g/mol. The van der Waals surface area contributed by atoms with Gasteiger partial charge in [0, 0.05) is 42.6 Å². The Hall–Kier alpha value is -1.80. The van der Waals surface area contributed by atoms with Gasteiger partial charge in [-0.1, -0.05) is 23.2 Å². The van der Waals surface area contributed by atoms with Crippen LogP contribution in [0, 0.1) is 0 Å². The molecule has 1 aromatic heterocycles. The van der Waals surface area contributed by atoms with Gasteiger partial charge in [-0.2, -0.15) is 0 Å². The van der Waals surface area contributed by atoms with Crippen LogP contribution in [0.3, 0.4) is 0 Å². The Bertz CT molecular complexity index is 835. The highest BCUT2D eigenvalue weighted by molar-refractivity contribution is 7.16. The van der Waals surface area contributed by atoms with Crippen LogP contribution in [0.5, 0.6) is 5.75 Å². The summed E-state index contributed by atoms with van der Waals surface area (Å²) in [5.74, 6) is -1.29. The molecule has 1 N–H and O–H groups in total. The number of hydrogen-bond acceptors (Lipinski definition) is 6. The number of carbonyl (C=O) groups is 2. The first-order valence-corrected chi connectivity index (χ1v) is 9.89. The van der Waals surface area contributed by atoms with Crippen molar-refractivity contribution in [2.75, 3.05) is 32.8 Å². The van der Waals surface area contributed by atoms with Gasteiger partial charge in [-0.05, 0) is 30.3 Å². The lowest BCUT2D eigenvalue weighted by molar-refractivity contribution is -0.136. The Kier molecular flexibility index (Phi) is 6.59. The molecule has 1 aliphatic heterocycles. The Morgan fingerprint density at radius 3 is 2.48 bits per heavy atom. The van der Waals surface area contributed by atoms with Crippen molar-refractivity contribution in [3.8, 4) is 5.75 Å². The summed E-state index contributed by atoms with van der Waals surface area (Å²) in [6.07, 6.45) is 0. The quantitative estimate of drug-likeness (QED) is 0.739. The second-order valence-corrected chi connectivity index (χ2v) is 8.34. The highest BCUT2D eigenvalue weighted by Crippen LogP contribution is 2.24. The van der Waals surface area contributed by atoms with Crippen molar-refractivity contribution in [2.24, 2.45) is 0 Å². The summed E-state index contributed by atoms with van der Waals surface area (Å²) in [5, 5.41) is 10.0. The van der Waals surface area contributed by atoms with Gasteiger partial charge in [-0.15, -0.1) is 11.3 Å². The fraction of sp³-hybridized carbons (Fsp3) is 0.333. The average Bonchev–Trinajstić information content (AvgIpc) is 3.05. The molecule has 9 heteroatoms.